The molecule has 1 spiro atoms. The second kappa shape index (κ2) is 5.23. The SMILES string of the molecule is CC(CO)SC1CC2(CCC1N)OCCO2. The molecular weight excluding hydrogens is 226 g/mol. The lowest BCUT2D eigenvalue weighted by Crippen LogP contribution is -2.48. The van der Waals surface area contributed by atoms with E-state index in [1.54, 1.807) is 11.8 Å². The van der Waals surface area contributed by atoms with Crippen molar-refractivity contribution in [3.8, 4) is 0 Å². The third kappa shape index (κ3) is 2.71. The quantitative estimate of drug-likeness (QED) is 0.769. The zero-order valence-corrected chi connectivity index (χ0v) is 10.5. The molecule has 1 saturated carbocycles. The van der Waals surface area contributed by atoms with Crippen LogP contribution in [0.15, 0.2) is 0 Å². The fourth-order valence-corrected chi connectivity index (χ4v) is 3.75. The molecule has 16 heavy (non-hydrogen) atoms. The van der Waals surface area contributed by atoms with Crippen molar-refractivity contribution in [1.82, 2.24) is 0 Å². The van der Waals surface area contributed by atoms with Crippen LogP contribution in [0.25, 0.3) is 0 Å². The molecule has 1 aliphatic heterocycles. The van der Waals surface area contributed by atoms with Crippen LogP contribution in [0.4, 0.5) is 0 Å². The van der Waals surface area contributed by atoms with Crippen molar-refractivity contribution < 1.29 is 14.6 Å². The first-order valence-corrected chi connectivity index (χ1v) is 6.89. The van der Waals surface area contributed by atoms with Crippen LogP contribution in [0, 0.1) is 0 Å². The van der Waals surface area contributed by atoms with Crippen LogP contribution < -0.4 is 5.73 Å². The van der Waals surface area contributed by atoms with Crippen LogP contribution in [0.2, 0.25) is 0 Å². The summed E-state index contributed by atoms with van der Waals surface area (Å²) in [5.41, 5.74) is 6.12. The third-order valence-corrected chi connectivity index (χ3v) is 4.81. The van der Waals surface area contributed by atoms with Crippen LogP contribution in [0.3, 0.4) is 0 Å². The van der Waals surface area contributed by atoms with Gasteiger partial charge >= 0.3 is 0 Å². The molecule has 0 aromatic heterocycles. The van der Waals surface area contributed by atoms with Gasteiger partial charge in [-0.25, -0.2) is 0 Å². The fourth-order valence-electron chi connectivity index (χ4n) is 2.38. The van der Waals surface area contributed by atoms with Crippen LogP contribution in [0.5, 0.6) is 0 Å². The number of hydrogen-bond acceptors (Lipinski definition) is 5. The van der Waals surface area contributed by atoms with Gasteiger partial charge in [0.2, 0.25) is 0 Å². The van der Waals surface area contributed by atoms with Crippen LogP contribution in [-0.4, -0.2) is 47.3 Å². The minimum absolute atomic E-state index is 0.192. The molecule has 2 fully saturated rings. The number of thioether (sulfide) groups is 1. The maximum absolute atomic E-state index is 9.08. The molecule has 2 rings (SSSR count). The molecular formula is C11H21NO3S. The zero-order chi connectivity index (χ0) is 11.6. The van der Waals surface area contributed by atoms with Gasteiger partial charge in [0.05, 0.1) is 19.8 Å². The van der Waals surface area contributed by atoms with Gasteiger partial charge in [-0.1, -0.05) is 6.92 Å². The molecule has 1 heterocycles. The summed E-state index contributed by atoms with van der Waals surface area (Å²) in [7, 11) is 0. The summed E-state index contributed by atoms with van der Waals surface area (Å²) < 4.78 is 11.4. The van der Waals surface area contributed by atoms with E-state index in [0.29, 0.717) is 18.5 Å². The van der Waals surface area contributed by atoms with Gasteiger partial charge in [0.1, 0.15) is 0 Å². The summed E-state index contributed by atoms with van der Waals surface area (Å²) in [6, 6.07) is 0.192. The molecule has 3 N–H and O–H groups in total. The average Bonchev–Trinajstić information content (AvgIpc) is 2.72. The van der Waals surface area contributed by atoms with Gasteiger partial charge in [0, 0.05) is 29.4 Å². The van der Waals surface area contributed by atoms with Crippen molar-refractivity contribution in [3.05, 3.63) is 0 Å². The van der Waals surface area contributed by atoms with Crippen LogP contribution in [-0.2, 0) is 9.47 Å². The number of rotatable bonds is 3. The topological polar surface area (TPSA) is 64.7 Å². The van der Waals surface area contributed by atoms with Crippen molar-refractivity contribution in [2.45, 2.75) is 48.5 Å². The summed E-state index contributed by atoms with van der Waals surface area (Å²) in [5, 5.41) is 9.64. The Morgan fingerprint density at radius 1 is 1.50 bits per heavy atom. The molecule has 3 unspecified atom stereocenters. The molecule has 1 saturated heterocycles. The monoisotopic (exact) mass is 247 g/mol. The van der Waals surface area contributed by atoms with Gasteiger partial charge in [0.15, 0.2) is 5.79 Å². The lowest BCUT2D eigenvalue weighted by atomic mass is 9.90. The van der Waals surface area contributed by atoms with Crippen molar-refractivity contribution in [1.29, 1.82) is 0 Å². The molecule has 0 aromatic rings. The maximum Gasteiger partial charge on any atom is 0.169 e. The molecule has 0 amide bonds. The second-order valence-corrected chi connectivity index (χ2v) is 6.36. The lowest BCUT2D eigenvalue weighted by Gasteiger charge is -2.40. The fraction of sp³-hybridized carbons (Fsp3) is 1.00. The number of nitrogens with two attached hydrogens (primary N) is 1. The highest BCUT2D eigenvalue weighted by atomic mass is 32.2. The highest BCUT2D eigenvalue weighted by molar-refractivity contribution is 8.00. The molecule has 2 aliphatic rings. The molecule has 0 radical (unpaired) electrons. The van der Waals surface area contributed by atoms with E-state index in [4.69, 9.17) is 20.3 Å². The Morgan fingerprint density at radius 2 is 2.19 bits per heavy atom. The van der Waals surface area contributed by atoms with E-state index in [9.17, 15) is 0 Å². The van der Waals surface area contributed by atoms with E-state index in [-0.39, 0.29) is 23.7 Å². The van der Waals surface area contributed by atoms with Crippen molar-refractivity contribution in [3.63, 3.8) is 0 Å². The molecule has 3 atom stereocenters. The van der Waals surface area contributed by atoms with Gasteiger partial charge in [-0.2, -0.15) is 11.8 Å². The van der Waals surface area contributed by atoms with E-state index in [2.05, 4.69) is 0 Å². The second-order valence-electron chi connectivity index (χ2n) is 4.68. The molecule has 5 heteroatoms. The Hall–Kier alpha value is 0.190. The predicted molar refractivity (Wildman–Crippen MR) is 64.4 cm³/mol. The predicted octanol–water partition coefficient (Wildman–Crippen LogP) is 0.723. The smallest absolute Gasteiger partial charge is 0.169 e. The Kier molecular flexibility index (Phi) is 4.13. The van der Waals surface area contributed by atoms with Gasteiger partial charge in [0.25, 0.3) is 0 Å². The molecule has 1 aliphatic carbocycles. The maximum atomic E-state index is 9.08. The highest BCUT2D eigenvalue weighted by Gasteiger charge is 2.44. The molecule has 0 bridgehead atoms. The van der Waals surface area contributed by atoms with Crippen LogP contribution in [0.1, 0.15) is 26.2 Å². The highest BCUT2D eigenvalue weighted by Crippen LogP contribution is 2.40. The Morgan fingerprint density at radius 3 is 2.81 bits per heavy atom. The van der Waals surface area contributed by atoms with E-state index in [1.807, 2.05) is 6.92 Å². The number of aliphatic hydroxyl groups excluding tert-OH is 1. The number of ether oxygens (including phenoxy) is 2. The van der Waals surface area contributed by atoms with E-state index < -0.39 is 0 Å². The summed E-state index contributed by atoms with van der Waals surface area (Å²) in [5.74, 6) is -0.372. The summed E-state index contributed by atoms with van der Waals surface area (Å²) >= 11 is 1.75. The van der Waals surface area contributed by atoms with E-state index >= 15 is 0 Å². The van der Waals surface area contributed by atoms with Gasteiger partial charge in [-0.05, 0) is 6.42 Å². The normalized spacial score (nSPS) is 35.4. The largest absolute Gasteiger partial charge is 0.395 e. The Balaban J connectivity index is 1.94. The van der Waals surface area contributed by atoms with Gasteiger partial charge in [-0.3, -0.25) is 0 Å². The Labute approximate surface area is 101 Å². The first-order valence-electron chi connectivity index (χ1n) is 5.95. The third-order valence-electron chi connectivity index (χ3n) is 3.33. The average molecular weight is 247 g/mol. The van der Waals surface area contributed by atoms with E-state index in [1.165, 1.54) is 0 Å². The minimum Gasteiger partial charge on any atom is -0.395 e. The van der Waals surface area contributed by atoms with Crippen molar-refractivity contribution in [2.24, 2.45) is 5.73 Å². The molecule has 4 nitrogen and oxygen atoms in total. The summed E-state index contributed by atoms with van der Waals surface area (Å²) in [6.07, 6.45) is 2.69. The zero-order valence-electron chi connectivity index (χ0n) is 9.72. The van der Waals surface area contributed by atoms with Crippen molar-refractivity contribution >= 4 is 11.8 Å². The van der Waals surface area contributed by atoms with Gasteiger partial charge in [-0.15, -0.1) is 0 Å². The van der Waals surface area contributed by atoms with Crippen LogP contribution >= 0.6 is 11.8 Å². The lowest BCUT2D eigenvalue weighted by molar-refractivity contribution is -0.176. The van der Waals surface area contributed by atoms with Crippen molar-refractivity contribution in [2.75, 3.05) is 19.8 Å². The standard InChI is InChI=1S/C11H21NO3S/c1-8(7-13)16-10-6-11(3-2-9(10)12)14-4-5-15-11/h8-10,13H,2-7,12H2,1H3. The van der Waals surface area contributed by atoms with E-state index in [0.717, 1.165) is 19.3 Å². The molecule has 0 aromatic carbocycles. The van der Waals surface area contributed by atoms with Gasteiger partial charge < -0.3 is 20.3 Å². The first kappa shape index (κ1) is 12.6. The summed E-state index contributed by atoms with van der Waals surface area (Å²) in [6.45, 7) is 3.61. The Bertz CT molecular complexity index is 233. The first-order chi connectivity index (χ1) is 7.65. The molecule has 94 valence electrons. The number of hydrogen-bond donors (Lipinski definition) is 2. The summed E-state index contributed by atoms with van der Waals surface area (Å²) in [4.78, 5) is 0. The minimum atomic E-state index is -0.372. The number of aliphatic hydroxyl groups is 1.